The summed E-state index contributed by atoms with van der Waals surface area (Å²) in [6, 6.07) is 12.3. The van der Waals surface area contributed by atoms with Gasteiger partial charge in [-0.15, -0.1) is 0 Å². The molecule has 0 saturated carbocycles. The van der Waals surface area contributed by atoms with Crippen molar-refractivity contribution in [2.45, 2.75) is 31.7 Å². The molecule has 166 valence electrons. The summed E-state index contributed by atoms with van der Waals surface area (Å²) >= 11 is 0. The number of halogens is 3. The van der Waals surface area contributed by atoms with Gasteiger partial charge in [-0.2, -0.15) is 13.2 Å². The minimum Gasteiger partial charge on any atom is -0.497 e. The summed E-state index contributed by atoms with van der Waals surface area (Å²) in [5.74, 6) is -0.325. The molecule has 1 aliphatic heterocycles. The molecular weight excluding hydrogens is 403 g/mol. The molecule has 3 rings (SSSR count). The largest absolute Gasteiger partial charge is 0.497 e. The maximum absolute atomic E-state index is 10.6. The molecular formula is C21H26F3NO5. The van der Waals surface area contributed by atoms with Crippen molar-refractivity contribution in [1.82, 2.24) is 4.90 Å². The van der Waals surface area contributed by atoms with Crippen LogP contribution in [0.4, 0.5) is 13.2 Å². The number of carboxylic acid groups (broad SMARTS) is 1. The van der Waals surface area contributed by atoms with Crippen LogP contribution in [0.3, 0.4) is 0 Å². The molecule has 9 heteroatoms. The van der Waals surface area contributed by atoms with Crippen LogP contribution in [-0.2, 0) is 22.5 Å². The molecule has 1 aliphatic rings. The summed E-state index contributed by atoms with van der Waals surface area (Å²) in [5, 5.41) is 7.12. The lowest BCUT2D eigenvalue weighted by Crippen LogP contribution is -2.44. The molecule has 1 aromatic carbocycles. The van der Waals surface area contributed by atoms with Crippen molar-refractivity contribution in [1.29, 1.82) is 0 Å². The van der Waals surface area contributed by atoms with Gasteiger partial charge in [0.05, 0.1) is 26.0 Å². The number of hydrogen-bond donors (Lipinski definition) is 1. The molecule has 2 aromatic rings. The Labute approximate surface area is 173 Å². The monoisotopic (exact) mass is 429 g/mol. The number of ether oxygens (including phenoxy) is 2. The zero-order valence-corrected chi connectivity index (χ0v) is 16.9. The quantitative estimate of drug-likeness (QED) is 0.749. The third kappa shape index (κ3) is 7.38. The van der Waals surface area contributed by atoms with Gasteiger partial charge >= 0.3 is 12.1 Å². The van der Waals surface area contributed by atoms with Gasteiger partial charge in [-0.25, -0.2) is 4.79 Å². The molecule has 1 saturated heterocycles. The summed E-state index contributed by atoms with van der Waals surface area (Å²) in [7, 11) is 3.53. The Morgan fingerprint density at radius 3 is 2.40 bits per heavy atom. The Morgan fingerprint density at radius 2 is 1.90 bits per heavy atom. The van der Waals surface area contributed by atoms with Crippen LogP contribution in [0.2, 0.25) is 0 Å². The second-order valence-electron chi connectivity index (χ2n) is 6.99. The predicted molar refractivity (Wildman–Crippen MR) is 103 cm³/mol. The van der Waals surface area contributed by atoms with Crippen molar-refractivity contribution >= 4 is 5.97 Å². The minimum absolute atomic E-state index is 0.324. The van der Waals surface area contributed by atoms with Crippen LogP contribution in [-0.4, -0.2) is 55.6 Å². The molecule has 1 fully saturated rings. The van der Waals surface area contributed by atoms with Gasteiger partial charge in [-0.3, -0.25) is 4.90 Å². The molecule has 6 nitrogen and oxygen atoms in total. The Morgan fingerprint density at radius 1 is 1.23 bits per heavy atom. The number of methoxy groups -OCH3 is 2. The van der Waals surface area contributed by atoms with E-state index >= 15 is 0 Å². The van der Waals surface area contributed by atoms with Crippen molar-refractivity contribution in [3.63, 3.8) is 0 Å². The van der Waals surface area contributed by atoms with E-state index in [-0.39, 0.29) is 0 Å². The van der Waals surface area contributed by atoms with Gasteiger partial charge in [0.1, 0.15) is 11.5 Å². The molecule has 1 aromatic heterocycles. The fourth-order valence-corrected chi connectivity index (χ4v) is 3.42. The van der Waals surface area contributed by atoms with Crippen LogP contribution in [0.1, 0.15) is 17.7 Å². The fraction of sp³-hybridized carbons (Fsp3) is 0.476. The number of rotatable bonds is 6. The molecule has 2 heterocycles. The first-order valence-corrected chi connectivity index (χ1v) is 9.43. The lowest BCUT2D eigenvalue weighted by molar-refractivity contribution is -0.192. The van der Waals surface area contributed by atoms with Crippen molar-refractivity contribution in [2.24, 2.45) is 5.92 Å². The Balaban J connectivity index is 0.000000396. The average molecular weight is 429 g/mol. The summed E-state index contributed by atoms with van der Waals surface area (Å²) in [4.78, 5) is 11.4. The van der Waals surface area contributed by atoms with E-state index in [2.05, 4.69) is 17.0 Å². The lowest BCUT2D eigenvalue weighted by Gasteiger charge is -2.37. The third-order valence-corrected chi connectivity index (χ3v) is 4.91. The molecule has 0 amide bonds. The molecule has 0 bridgehead atoms. The molecule has 0 spiro atoms. The zero-order valence-electron chi connectivity index (χ0n) is 16.9. The number of alkyl halides is 3. The standard InChI is InChI=1S/C19H25NO3.C2HF3O2/c1-21-17-7-5-15(6-8-17)12-16-13-20(10-9-19(16)22-2)14-18-4-3-11-23-18;3-2(4,5)1(6)7/h3-8,11,16,19H,9-10,12-14H2,1-2H3;(H,6,7)/t16-,19+;/m0./s1. The SMILES string of the molecule is COc1ccc(C[C@H]2CN(Cc3ccco3)CC[C@H]2OC)cc1.O=C(O)C(F)(F)F. The van der Waals surface area contributed by atoms with Gasteiger partial charge in [0.25, 0.3) is 0 Å². The number of carboxylic acids is 1. The van der Waals surface area contributed by atoms with Crippen LogP contribution < -0.4 is 4.74 Å². The van der Waals surface area contributed by atoms with Crippen molar-refractivity contribution in [3.05, 3.63) is 54.0 Å². The van der Waals surface area contributed by atoms with Gasteiger partial charge in [-0.05, 0) is 42.7 Å². The molecule has 1 N–H and O–H groups in total. The summed E-state index contributed by atoms with van der Waals surface area (Å²) in [6.07, 6.45) is -0.925. The summed E-state index contributed by atoms with van der Waals surface area (Å²) in [6.45, 7) is 2.96. The number of carbonyl (C=O) groups is 1. The number of furan rings is 1. The number of aliphatic carboxylic acids is 1. The van der Waals surface area contributed by atoms with Crippen molar-refractivity contribution in [2.75, 3.05) is 27.3 Å². The van der Waals surface area contributed by atoms with E-state index in [0.29, 0.717) is 12.0 Å². The summed E-state index contributed by atoms with van der Waals surface area (Å²) < 4.78 is 48.2. The van der Waals surface area contributed by atoms with Crippen LogP contribution in [0.5, 0.6) is 5.75 Å². The Bertz CT molecular complexity index is 762. The number of hydrogen-bond acceptors (Lipinski definition) is 5. The maximum Gasteiger partial charge on any atom is 0.490 e. The molecule has 0 aliphatic carbocycles. The normalized spacial score (nSPS) is 19.6. The second-order valence-corrected chi connectivity index (χ2v) is 6.99. The van der Waals surface area contributed by atoms with Gasteiger partial charge < -0.3 is 19.0 Å². The van der Waals surface area contributed by atoms with Crippen LogP contribution in [0, 0.1) is 5.92 Å². The highest BCUT2D eigenvalue weighted by molar-refractivity contribution is 5.73. The number of benzene rings is 1. The first-order chi connectivity index (χ1) is 14.2. The number of piperidine rings is 1. The van der Waals surface area contributed by atoms with Gasteiger partial charge in [0, 0.05) is 26.1 Å². The van der Waals surface area contributed by atoms with E-state index in [1.165, 1.54) is 5.56 Å². The first kappa shape index (κ1) is 23.8. The van der Waals surface area contributed by atoms with Crippen LogP contribution in [0.15, 0.2) is 47.1 Å². The van der Waals surface area contributed by atoms with Gasteiger partial charge in [-0.1, -0.05) is 12.1 Å². The Hall–Kier alpha value is -2.52. The molecule has 0 unspecified atom stereocenters. The van der Waals surface area contributed by atoms with E-state index in [1.807, 2.05) is 31.4 Å². The number of likely N-dealkylation sites (tertiary alicyclic amines) is 1. The molecule has 2 atom stereocenters. The maximum atomic E-state index is 10.6. The highest BCUT2D eigenvalue weighted by Crippen LogP contribution is 2.25. The molecule has 0 radical (unpaired) electrons. The first-order valence-electron chi connectivity index (χ1n) is 9.43. The smallest absolute Gasteiger partial charge is 0.490 e. The van der Waals surface area contributed by atoms with E-state index in [4.69, 9.17) is 23.8 Å². The second kappa shape index (κ2) is 11.0. The van der Waals surface area contributed by atoms with Gasteiger partial charge in [0.15, 0.2) is 0 Å². The number of nitrogens with zero attached hydrogens (tertiary/aromatic N) is 1. The van der Waals surface area contributed by atoms with E-state index in [1.54, 1.807) is 13.4 Å². The Kier molecular flexibility index (Phi) is 8.73. The van der Waals surface area contributed by atoms with Crippen LogP contribution >= 0.6 is 0 Å². The fourth-order valence-electron chi connectivity index (χ4n) is 3.42. The average Bonchev–Trinajstić information content (AvgIpc) is 3.22. The third-order valence-electron chi connectivity index (χ3n) is 4.91. The highest BCUT2D eigenvalue weighted by Gasteiger charge is 2.38. The predicted octanol–water partition coefficient (Wildman–Crippen LogP) is 4.00. The van der Waals surface area contributed by atoms with Crippen LogP contribution in [0.25, 0.3) is 0 Å². The van der Waals surface area contributed by atoms with Crippen molar-refractivity contribution in [3.8, 4) is 5.75 Å². The van der Waals surface area contributed by atoms with E-state index in [9.17, 15) is 13.2 Å². The lowest BCUT2D eigenvalue weighted by atomic mass is 9.88. The van der Waals surface area contributed by atoms with E-state index in [0.717, 1.165) is 44.0 Å². The zero-order chi connectivity index (χ0) is 22.1. The van der Waals surface area contributed by atoms with Gasteiger partial charge in [0.2, 0.25) is 0 Å². The minimum atomic E-state index is -5.08. The highest BCUT2D eigenvalue weighted by atomic mass is 19.4. The summed E-state index contributed by atoms with van der Waals surface area (Å²) in [5.41, 5.74) is 1.33. The molecule has 30 heavy (non-hydrogen) atoms. The van der Waals surface area contributed by atoms with E-state index < -0.39 is 12.1 Å². The topological polar surface area (TPSA) is 72.1 Å². The van der Waals surface area contributed by atoms with Crippen molar-refractivity contribution < 1.29 is 37.0 Å².